The minimum atomic E-state index is -0.345. The summed E-state index contributed by atoms with van der Waals surface area (Å²) in [6.45, 7) is 7.30. The fraction of sp³-hybridized carbons (Fsp3) is 0.562. The van der Waals surface area contributed by atoms with Gasteiger partial charge in [-0.1, -0.05) is 39.0 Å². The van der Waals surface area contributed by atoms with Gasteiger partial charge in [0, 0.05) is 35.1 Å². The second-order valence-electron chi connectivity index (χ2n) is 6.21. The monoisotopic (exact) mass is 295 g/mol. The second kappa shape index (κ2) is 6.17. The fourth-order valence-corrected chi connectivity index (χ4v) is 3.69. The summed E-state index contributed by atoms with van der Waals surface area (Å²) in [4.78, 5) is 14.2. The average molecular weight is 295 g/mol. The Balaban J connectivity index is 2.07. The van der Waals surface area contributed by atoms with Crippen molar-refractivity contribution in [2.45, 2.75) is 32.4 Å². The maximum absolute atomic E-state index is 13.9. The largest absolute Gasteiger partial charge is 0.341 e. The summed E-state index contributed by atoms with van der Waals surface area (Å²) in [5.41, 5.74) is 0.422. The molecule has 1 unspecified atom stereocenters. The highest BCUT2D eigenvalue weighted by atomic mass is 32.2. The van der Waals surface area contributed by atoms with Crippen molar-refractivity contribution < 1.29 is 9.18 Å². The molecule has 0 saturated carbocycles. The van der Waals surface area contributed by atoms with Crippen LogP contribution < -0.4 is 0 Å². The Labute approximate surface area is 124 Å². The Hall–Kier alpha value is -1.03. The Morgan fingerprint density at radius 1 is 1.30 bits per heavy atom. The first-order valence-corrected chi connectivity index (χ1v) is 8.10. The highest BCUT2D eigenvalue weighted by Crippen LogP contribution is 2.36. The first-order valence-electron chi connectivity index (χ1n) is 7.05. The van der Waals surface area contributed by atoms with Gasteiger partial charge in [0.05, 0.1) is 0 Å². The van der Waals surface area contributed by atoms with E-state index in [1.165, 1.54) is 6.07 Å². The van der Waals surface area contributed by atoms with Crippen LogP contribution in [0.25, 0.3) is 0 Å². The van der Waals surface area contributed by atoms with E-state index in [9.17, 15) is 9.18 Å². The number of nitrogens with zero attached hydrogens (tertiary/aromatic N) is 1. The first kappa shape index (κ1) is 15.4. The van der Waals surface area contributed by atoms with Crippen molar-refractivity contribution in [1.29, 1.82) is 0 Å². The summed E-state index contributed by atoms with van der Waals surface area (Å²) in [5, 5.41) is 0.147. The summed E-state index contributed by atoms with van der Waals surface area (Å²) in [6.07, 6.45) is 0.813. The summed E-state index contributed by atoms with van der Waals surface area (Å²) in [5.74, 6) is 0.911. The highest BCUT2D eigenvalue weighted by Gasteiger charge is 2.29. The minimum absolute atomic E-state index is 0.138. The molecule has 1 aliphatic heterocycles. The number of rotatable bonds is 1. The lowest BCUT2D eigenvalue weighted by molar-refractivity contribution is -0.139. The van der Waals surface area contributed by atoms with Gasteiger partial charge in [-0.3, -0.25) is 4.79 Å². The maximum Gasteiger partial charge on any atom is 0.227 e. The summed E-state index contributed by atoms with van der Waals surface area (Å²) in [6, 6.07) is 6.96. The quantitative estimate of drug-likeness (QED) is 0.783. The van der Waals surface area contributed by atoms with Crippen LogP contribution in [0.4, 0.5) is 4.39 Å². The van der Waals surface area contributed by atoms with Crippen LogP contribution in [0.3, 0.4) is 0 Å². The van der Waals surface area contributed by atoms with E-state index >= 15 is 0 Å². The third-order valence-electron chi connectivity index (χ3n) is 3.52. The Bertz CT molecular complexity index is 484. The van der Waals surface area contributed by atoms with Crippen LogP contribution in [0.1, 0.15) is 38.0 Å². The lowest BCUT2D eigenvalue weighted by Crippen LogP contribution is -2.40. The summed E-state index contributed by atoms with van der Waals surface area (Å²) >= 11 is 1.75. The maximum atomic E-state index is 13.9. The van der Waals surface area contributed by atoms with Crippen LogP contribution in [0, 0.1) is 11.2 Å². The molecule has 1 aliphatic rings. The smallest absolute Gasteiger partial charge is 0.227 e. The summed E-state index contributed by atoms with van der Waals surface area (Å²) in [7, 11) is 0. The number of amides is 1. The van der Waals surface area contributed by atoms with E-state index in [1.54, 1.807) is 17.8 Å². The second-order valence-corrected chi connectivity index (χ2v) is 7.52. The first-order chi connectivity index (χ1) is 9.39. The van der Waals surface area contributed by atoms with Crippen molar-refractivity contribution in [2.24, 2.45) is 5.41 Å². The van der Waals surface area contributed by atoms with E-state index in [0.717, 1.165) is 24.3 Å². The van der Waals surface area contributed by atoms with Crippen molar-refractivity contribution in [3.05, 3.63) is 35.6 Å². The van der Waals surface area contributed by atoms with E-state index in [1.807, 2.05) is 37.8 Å². The van der Waals surface area contributed by atoms with Crippen LogP contribution in [0.2, 0.25) is 0 Å². The van der Waals surface area contributed by atoms with Crippen LogP contribution >= 0.6 is 11.8 Å². The van der Waals surface area contributed by atoms with Gasteiger partial charge in [0.25, 0.3) is 0 Å². The molecule has 0 bridgehead atoms. The van der Waals surface area contributed by atoms with E-state index in [-0.39, 0.29) is 22.4 Å². The third kappa shape index (κ3) is 3.54. The number of thioether (sulfide) groups is 1. The minimum Gasteiger partial charge on any atom is -0.341 e. The molecule has 20 heavy (non-hydrogen) atoms. The van der Waals surface area contributed by atoms with Crippen molar-refractivity contribution in [1.82, 2.24) is 4.90 Å². The molecule has 1 aromatic carbocycles. The molecule has 1 amide bonds. The zero-order valence-electron chi connectivity index (χ0n) is 12.4. The van der Waals surface area contributed by atoms with Gasteiger partial charge in [-0.25, -0.2) is 4.39 Å². The molecule has 1 fully saturated rings. The van der Waals surface area contributed by atoms with Crippen LogP contribution in [0.15, 0.2) is 24.3 Å². The molecular formula is C16H22FNOS. The molecule has 2 rings (SSSR count). The molecular weight excluding hydrogens is 273 g/mol. The molecule has 0 N–H and O–H groups in total. The lowest BCUT2D eigenvalue weighted by atomic mass is 9.94. The number of carbonyl (C=O) groups is 1. The SMILES string of the molecule is CC(C)(C)C(=O)N1CCSC(c2ccccc2F)CC1. The van der Waals surface area contributed by atoms with E-state index in [0.29, 0.717) is 6.54 Å². The van der Waals surface area contributed by atoms with Crippen LogP contribution in [-0.4, -0.2) is 29.6 Å². The average Bonchev–Trinajstić information content (AvgIpc) is 2.63. The standard InChI is InChI=1S/C16H22FNOS/c1-16(2,3)15(19)18-9-8-14(20-11-10-18)12-6-4-5-7-13(12)17/h4-7,14H,8-11H2,1-3H3. The molecule has 0 radical (unpaired) electrons. The number of carbonyl (C=O) groups excluding carboxylic acids is 1. The molecule has 0 aliphatic carbocycles. The normalized spacial score (nSPS) is 20.6. The fourth-order valence-electron chi connectivity index (χ4n) is 2.43. The van der Waals surface area contributed by atoms with Gasteiger partial charge in [0.2, 0.25) is 5.91 Å². The van der Waals surface area contributed by atoms with Crippen molar-refractivity contribution >= 4 is 17.7 Å². The number of benzene rings is 1. The zero-order chi connectivity index (χ0) is 14.8. The molecule has 0 aromatic heterocycles. The van der Waals surface area contributed by atoms with Crippen molar-refractivity contribution in [2.75, 3.05) is 18.8 Å². The van der Waals surface area contributed by atoms with Gasteiger partial charge in [0.1, 0.15) is 5.82 Å². The molecule has 1 saturated heterocycles. The zero-order valence-corrected chi connectivity index (χ0v) is 13.2. The predicted molar refractivity (Wildman–Crippen MR) is 82.3 cm³/mol. The number of hydrogen-bond donors (Lipinski definition) is 0. The summed E-state index contributed by atoms with van der Waals surface area (Å²) < 4.78 is 13.9. The third-order valence-corrected chi connectivity index (χ3v) is 4.83. The Morgan fingerprint density at radius 3 is 2.65 bits per heavy atom. The van der Waals surface area contributed by atoms with E-state index < -0.39 is 0 Å². The molecule has 1 aromatic rings. The van der Waals surface area contributed by atoms with E-state index in [4.69, 9.17) is 0 Å². The van der Waals surface area contributed by atoms with Crippen LogP contribution in [-0.2, 0) is 4.79 Å². The molecule has 4 heteroatoms. The molecule has 1 atom stereocenters. The van der Waals surface area contributed by atoms with Gasteiger partial charge in [0.15, 0.2) is 0 Å². The highest BCUT2D eigenvalue weighted by molar-refractivity contribution is 7.99. The van der Waals surface area contributed by atoms with Gasteiger partial charge in [-0.05, 0) is 12.5 Å². The van der Waals surface area contributed by atoms with Gasteiger partial charge in [-0.15, -0.1) is 0 Å². The van der Waals surface area contributed by atoms with E-state index in [2.05, 4.69) is 0 Å². The van der Waals surface area contributed by atoms with Gasteiger partial charge < -0.3 is 4.90 Å². The van der Waals surface area contributed by atoms with Gasteiger partial charge >= 0.3 is 0 Å². The predicted octanol–water partition coefficient (Wildman–Crippen LogP) is 3.88. The topological polar surface area (TPSA) is 20.3 Å². The number of hydrogen-bond acceptors (Lipinski definition) is 2. The molecule has 0 spiro atoms. The van der Waals surface area contributed by atoms with Gasteiger partial charge in [-0.2, -0.15) is 11.8 Å². The number of halogens is 1. The molecule has 2 nitrogen and oxygen atoms in total. The molecule has 1 heterocycles. The van der Waals surface area contributed by atoms with Crippen LogP contribution in [0.5, 0.6) is 0 Å². The Morgan fingerprint density at radius 2 is 2.00 bits per heavy atom. The van der Waals surface area contributed by atoms with Crippen molar-refractivity contribution in [3.8, 4) is 0 Å². The van der Waals surface area contributed by atoms with Crippen molar-refractivity contribution in [3.63, 3.8) is 0 Å². The lowest BCUT2D eigenvalue weighted by Gasteiger charge is -2.28. The molecule has 110 valence electrons. The Kier molecular flexibility index (Phi) is 4.74.